The maximum Gasteiger partial charge on any atom is 0.387 e. The molecule has 0 fully saturated rings. The van der Waals surface area contributed by atoms with E-state index in [0.717, 1.165) is 10.4 Å². The van der Waals surface area contributed by atoms with Gasteiger partial charge >= 0.3 is 6.61 Å². The van der Waals surface area contributed by atoms with Crippen molar-refractivity contribution in [2.75, 3.05) is 7.05 Å². The number of Topliss-reactive ketones (excluding diaryl/α,β-unsaturated/α-hetero) is 1. The molecule has 0 spiro atoms. The third-order valence-corrected chi connectivity index (χ3v) is 4.62. The Labute approximate surface area is 149 Å². The molecule has 1 aromatic carbocycles. The molecule has 0 aliphatic carbocycles. The van der Waals surface area contributed by atoms with Crippen LogP contribution in [0.5, 0.6) is 5.75 Å². The van der Waals surface area contributed by atoms with Crippen molar-refractivity contribution in [3.8, 4) is 5.75 Å². The number of carbonyl (C=O) groups is 2. The van der Waals surface area contributed by atoms with E-state index in [1.165, 1.54) is 28.4 Å². The Bertz CT molecular complexity index is 728. The third kappa shape index (κ3) is 5.94. The molecule has 0 unspecified atom stereocenters. The number of rotatable bonds is 8. The van der Waals surface area contributed by atoms with Crippen LogP contribution in [0.1, 0.15) is 33.0 Å². The minimum Gasteiger partial charge on any atom is -0.435 e. The van der Waals surface area contributed by atoms with E-state index in [1.807, 2.05) is 13.0 Å². The van der Waals surface area contributed by atoms with Gasteiger partial charge in [0.2, 0.25) is 5.91 Å². The maximum absolute atomic E-state index is 12.2. The summed E-state index contributed by atoms with van der Waals surface area (Å²) in [4.78, 5) is 27.4. The molecule has 134 valence electrons. The number of hydrogen-bond acceptors (Lipinski definition) is 4. The highest BCUT2D eigenvalue weighted by Crippen LogP contribution is 2.18. The molecule has 0 saturated carbocycles. The van der Waals surface area contributed by atoms with Crippen molar-refractivity contribution in [1.82, 2.24) is 4.90 Å². The molecule has 2 aromatic rings. The molecule has 4 nitrogen and oxygen atoms in total. The Kier molecular flexibility index (Phi) is 6.64. The van der Waals surface area contributed by atoms with E-state index in [-0.39, 0.29) is 30.3 Å². The summed E-state index contributed by atoms with van der Waals surface area (Å²) in [5.41, 5.74) is 0.790. The van der Waals surface area contributed by atoms with Gasteiger partial charge in [-0.25, -0.2) is 0 Å². The van der Waals surface area contributed by atoms with Crippen LogP contribution in [0.2, 0.25) is 0 Å². The number of halogens is 2. The second-order valence-electron chi connectivity index (χ2n) is 5.61. The van der Waals surface area contributed by atoms with Crippen molar-refractivity contribution in [2.24, 2.45) is 0 Å². The van der Waals surface area contributed by atoms with Gasteiger partial charge < -0.3 is 9.64 Å². The number of alkyl halides is 2. The summed E-state index contributed by atoms with van der Waals surface area (Å²) in [5.74, 6) is -0.104. The van der Waals surface area contributed by atoms with Crippen LogP contribution in [-0.4, -0.2) is 30.2 Å². The summed E-state index contributed by atoms with van der Waals surface area (Å²) in [6, 6.07) is 9.78. The van der Waals surface area contributed by atoms with Crippen LogP contribution in [0.25, 0.3) is 0 Å². The van der Waals surface area contributed by atoms with Gasteiger partial charge in [-0.15, -0.1) is 11.3 Å². The van der Waals surface area contributed by atoms with Gasteiger partial charge in [-0.3, -0.25) is 9.59 Å². The second-order valence-corrected chi connectivity index (χ2v) is 6.89. The van der Waals surface area contributed by atoms with Crippen LogP contribution in [0.3, 0.4) is 0 Å². The molecule has 1 amide bonds. The molecule has 25 heavy (non-hydrogen) atoms. The molecule has 1 heterocycles. The average Bonchev–Trinajstić information content (AvgIpc) is 3.00. The zero-order valence-electron chi connectivity index (χ0n) is 14.0. The summed E-state index contributed by atoms with van der Waals surface area (Å²) in [6.45, 7) is -0.599. The molecule has 0 atom stereocenters. The van der Waals surface area contributed by atoms with Crippen molar-refractivity contribution >= 4 is 23.0 Å². The van der Waals surface area contributed by atoms with Gasteiger partial charge in [0.05, 0.1) is 4.88 Å². The molecule has 2 rings (SSSR count). The van der Waals surface area contributed by atoms with Crippen molar-refractivity contribution in [3.63, 3.8) is 0 Å². The number of ketones is 1. The number of amides is 1. The van der Waals surface area contributed by atoms with Crippen LogP contribution in [0.4, 0.5) is 8.78 Å². The lowest BCUT2D eigenvalue weighted by Gasteiger charge is -2.17. The summed E-state index contributed by atoms with van der Waals surface area (Å²) in [7, 11) is 1.64. The average molecular weight is 367 g/mol. The first kappa shape index (κ1) is 19.1. The van der Waals surface area contributed by atoms with Gasteiger partial charge in [-0.1, -0.05) is 12.1 Å². The Morgan fingerprint density at radius 1 is 1.12 bits per heavy atom. The van der Waals surface area contributed by atoms with Crippen LogP contribution in [0.15, 0.2) is 36.4 Å². The minimum atomic E-state index is -2.86. The van der Waals surface area contributed by atoms with Crippen molar-refractivity contribution < 1.29 is 23.1 Å². The summed E-state index contributed by atoms with van der Waals surface area (Å²) >= 11 is 1.42. The number of benzene rings is 1. The zero-order chi connectivity index (χ0) is 18.4. The standard InChI is InChI=1S/C18H19F2NO3S/c1-12-3-9-16(25-12)15(22)8-10-17(23)21(2)11-13-4-6-14(7-5-13)24-18(19)20/h3-7,9,18H,8,10-11H2,1-2H3. The first-order chi connectivity index (χ1) is 11.8. The highest BCUT2D eigenvalue weighted by atomic mass is 32.1. The molecular formula is C18H19F2NO3S. The number of carbonyl (C=O) groups excluding carboxylic acids is 2. The first-order valence-corrected chi connectivity index (χ1v) is 8.54. The number of thiophene rings is 1. The van der Waals surface area contributed by atoms with Crippen LogP contribution < -0.4 is 4.74 Å². The van der Waals surface area contributed by atoms with Gasteiger partial charge in [-0.05, 0) is 36.8 Å². The molecular weight excluding hydrogens is 348 g/mol. The molecule has 0 N–H and O–H groups in total. The minimum absolute atomic E-state index is 0.0339. The van der Waals surface area contributed by atoms with E-state index in [9.17, 15) is 18.4 Å². The predicted octanol–water partition coefficient (Wildman–Crippen LogP) is 4.28. The van der Waals surface area contributed by atoms with Crippen molar-refractivity contribution in [2.45, 2.75) is 32.9 Å². The molecule has 0 bridgehead atoms. The van der Waals surface area contributed by atoms with Crippen LogP contribution in [0, 0.1) is 6.92 Å². The van der Waals surface area contributed by atoms with Crippen molar-refractivity contribution in [3.05, 3.63) is 51.7 Å². The summed E-state index contributed by atoms with van der Waals surface area (Å²) in [5, 5.41) is 0. The number of hydrogen-bond donors (Lipinski definition) is 0. The molecule has 0 saturated heterocycles. The number of ether oxygens (including phenoxy) is 1. The number of aryl methyl sites for hydroxylation is 1. The Hall–Kier alpha value is -2.28. The SMILES string of the molecule is Cc1ccc(C(=O)CCC(=O)N(C)Cc2ccc(OC(F)F)cc2)s1. The lowest BCUT2D eigenvalue weighted by atomic mass is 10.1. The lowest BCUT2D eigenvalue weighted by molar-refractivity contribution is -0.130. The second kappa shape index (κ2) is 8.71. The first-order valence-electron chi connectivity index (χ1n) is 7.72. The fourth-order valence-corrected chi connectivity index (χ4v) is 3.09. The molecule has 7 heteroatoms. The fraction of sp³-hybridized carbons (Fsp3) is 0.333. The summed E-state index contributed by atoms with van der Waals surface area (Å²) < 4.78 is 28.5. The van der Waals surface area contributed by atoms with Crippen LogP contribution >= 0.6 is 11.3 Å². The molecule has 1 aromatic heterocycles. The predicted molar refractivity (Wildman–Crippen MR) is 92.2 cm³/mol. The molecule has 0 radical (unpaired) electrons. The van der Waals surface area contributed by atoms with E-state index in [1.54, 1.807) is 25.2 Å². The largest absolute Gasteiger partial charge is 0.435 e. The van der Waals surface area contributed by atoms with Gasteiger partial charge in [0.1, 0.15) is 5.75 Å². The fourth-order valence-electron chi connectivity index (χ4n) is 2.26. The van der Waals surface area contributed by atoms with E-state index in [0.29, 0.717) is 11.4 Å². The van der Waals surface area contributed by atoms with Crippen LogP contribution in [-0.2, 0) is 11.3 Å². The highest BCUT2D eigenvalue weighted by Gasteiger charge is 2.14. The number of nitrogens with zero attached hydrogens (tertiary/aromatic N) is 1. The zero-order valence-corrected chi connectivity index (χ0v) is 14.8. The maximum atomic E-state index is 12.2. The van der Waals surface area contributed by atoms with Gasteiger partial charge in [0.25, 0.3) is 0 Å². The highest BCUT2D eigenvalue weighted by molar-refractivity contribution is 7.14. The summed E-state index contributed by atoms with van der Waals surface area (Å²) in [6.07, 6.45) is 0.309. The topological polar surface area (TPSA) is 46.6 Å². The van der Waals surface area contributed by atoms with E-state index < -0.39 is 6.61 Å². The van der Waals surface area contributed by atoms with E-state index in [2.05, 4.69) is 4.74 Å². The van der Waals surface area contributed by atoms with Gasteiger partial charge in [0.15, 0.2) is 5.78 Å². The molecule has 0 aliphatic rings. The smallest absolute Gasteiger partial charge is 0.387 e. The molecule has 0 aliphatic heterocycles. The van der Waals surface area contributed by atoms with Gasteiger partial charge in [-0.2, -0.15) is 8.78 Å². The van der Waals surface area contributed by atoms with E-state index >= 15 is 0 Å². The van der Waals surface area contributed by atoms with E-state index in [4.69, 9.17) is 0 Å². The monoisotopic (exact) mass is 367 g/mol. The third-order valence-electron chi connectivity index (χ3n) is 3.58. The quantitative estimate of drug-likeness (QED) is 0.654. The Balaban J connectivity index is 1.82. The Morgan fingerprint density at radius 2 is 1.80 bits per heavy atom. The normalized spacial score (nSPS) is 10.8. The van der Waals surface area contributed by atoms with Crippen molar-refractivity contribution in [1.29, 1.82) is 0 Å². The Morgan fingerprint density at radius 3 is 2.36 bits per heavy atom. The van der Waals surface area contributed by atoms with Gasteiger partial charge in [0, 0.05) is 31.3 Å². The lowest BCUT2D eigenvalue weighted by Crippen LogP contribution is -2.26.